The maximum absolute atomic E-state index is 13.6. The fourth-order valence-corrected chi connectivity index (χ4v) is 4.72. The molecule has 1 N–H and O–H groups in total. The Morgan fingerprint density at radius 3 is 2.62 bits per heavy atom. The topological polar surface area (TPSA) is 79.4 Å². The van der Waals surface area contributed by atoms with Crippen molar-refractivity contribution in [3.05, 3.63) is 53.6 Å². The molecule has 1 aromatic heterocycles. The minimum atomic E-state index is -3.63. The molecule has 8 heteroatoms. The minimum Gasteiger partial charge on any atom is -0.322 e. The number of nitrogens with zero attached hydrogens (tertiary/aromatic N) is 2. The molecular formula is C18H20FN3O3S. The number of carbonyl (C=O) groups is 1. The summed E-state index contributed by atoms with van der Waals surface area (Å²) in [6.07, 6.45) is 3.96. The molecule has 1 amide bonds. The smallest absolute Gasteiger partial charge is 0.260 e. The van der Waals surface area contributed by atoms with Gasteiger partial charge in [-0.15, -0.1) is 0 Å². The standard InChI is InChI=1S/C18H20FN3O3S/c1-13-7-8-14(21-18(23)15-6-5-9-20-17(15)19)12-16(13)26(24,25)22-10-3-2-4-11-22/h5-9,12H,2-4,10-11H2,1H3,(H,21,23). The molecule has 1 fully saturated rings. The molecule has 26 heavy (non-hydrogen) atoms. The number of pyridine rings is 1. The predicted molar refractivity (Wildman–Crippen MR) is 95.9 cm³/mol. The van der Waals surface area contributed by atoms with Crippen LogP contribution in [0.15, 0.2) is 41.4 Å². The summed E-state index contributed by atoms with van der Waals surface area (Å²) in [7, 11) is -3.63. The third-order valence-electron chi connectivity index (χ3n) is 4.38. The summed E-state index contributed by atoms with van der Waals surface area (Å²) in [6.45, 7) is 2.71. The first-order valence-electron chi connectivity index (χ1n) is 8.42. The molecule has 3 rings (SSSR count). The van der Waals surface area contributed by atoms with Crippen molar-refractivity contribution in [2.24, 2.45) is 0 Å². The van der Waals surface area contributed by atoms with Gasteiger partial charge in [0.25, 0.3) is 5.91 Å². The molecule has 0 spiro atoms. The van der Waals surface area contributed by atoms with Gasteiger partial charge in [0.15, 0.2) is 0 Å². The van der Waals surface area contributed by atoms with Gasteiger partial charge in [0.05, 0.1) is 10.5 Å². The minimum absolute atomic E-state index is 0.156. The van der Waals surface area contributed by atoms with Crippen molar-refractivity contribution >= 4 is 21.6 Å². The Balaban J connectivity index is 1.88. The van der Waals surface area contributed by atoms with Gasteiger partial charge in [0.1, 0.15) is 0 Å². The number of halogens is 1. The summed E-state index contributed by atoms with van der Waals surface area (Å²) < 4.78 is 40.9. The van der Waals surface area contributed by atoms with E-state index in [4.69, 9.17) is 0 Å². The lowest BCUT2D eigenvalue weighted by atomic mass is 10.2. The number of carbonyl (C=O) groups excluding carboxylic acids is 1. The van der Waals surface area contributed by atoms with E-state index in [0.717, 1.165) is 19.3 Å². The average molecular weight is 377 g/mol. The molecule has 0 bridgehead atoms. The van der Waals surface area contributed by atoms with E-state index in [1.54, 1.807) is 19.1 Å². The lowest BCUT2D eigenvalue weighted by molar-refractivity contribution is 0.102. The number of aryl methyl sites for hydroxylation is 1. The Labute approximate surface area is 152 Å². The molecule has 138 valence electrons. The van der Waals surface area contributed by atoms with Crippen LogP contribution in [-0.4, -0.2) is 36.7 Å². The van der Waals surface area contributed by atoms with Gasteiger partial charge < -0.3 is 5.32 Å². The molecule has 2 heterocycles. The van der Waals surface area contributed by atoms with Crippen LogP contribution >= 0.6 is 0 Å². The fraction of sp³-hybridized carbons (Fsp3) is 0.333. The molecule has 0 atom stereocenters. The molecule has 0 saturated carbocycles. The molecule has 1 saturated heterocycles. The lowest BCUT2D eigenvalue weighted by Gasteiger charge is -2.26. The van der Waals surface area contributed by atoms with Crippen molar-refractivity contribution in [3.8, 4) is 0 Å². The van der Waals surface area contributed by atoms with Crippen molar-refractivity contribution < 1.29 is 17.6 Å². The maximum atomic E-state index is 13.6. The zero-order valence-electron chi connectivity index (χ0n) is 14.4. The van der Waals surface area contributed by atoms with Crippen LogP contribution in [-0.2, 0) is 10.0 Å². The largest absolute Gasteiger partial charge is 0.322 e. The fourth-order valence-electron chi connectivity index (χ4n) is 2.95. The Morgan fingerprint density at radius 1 is 1.19 bits per heavy atom. The highest BCUT2D eigenvalue weighted by Gasteiger charge is 2.27. The first-order valence-corrected chi connectivity index (χ1v) is 9.86. The summed E-state index contributed by atoms with van der Waals surface area (Å²) in [5.41, 5.74) is 0.689. The number of anilines is 1. The molecule has 1 aromatic carbocycles. The van der Waals surface area contributed by atoms with E-state index in [2.05, 4.69) is 10.3 Å². The Morgan fingerprint density at radius 2 is 1.92 bits per heavy atom. The van der Waals surface area contributed by atoms with Gasteiger partial charge in [-0.2, -0.15) is 8.70 Å². The molecule has 0 unspecified atom stereocenters. The van der Waals surface area contributed by atoms with Crippen molar-refractivity contribution in [1.29, 1.82) is 0 Å². The Kier molecular flexibility index (Phi) is 5.33. The summed E-state index contributed by atoms with van der Waals surface area (Å²) in [5, 5.41) is 2.54. The zero-order valence-corrected chi connectivity index (χ0v) is 15.2. The second-order valence-corrected chi connectivity index (χ2v) is 8.15. The predicted octanol–water partition coefficient (Wildman–Crippen LogP) is 2.96. The normalized spacial score (nSPS) is 15.6. The number of piperidine rings is 1. The van der Waals surface area contributed by atoms with Crippen LogP contribution < -0.4 is 5.32 Å². The lowest BCUT2D eigenvalue weighted by Crippen LogP contribution is -2.36. The summed E-state index contributed by atoms with van der Waals surface area (Å²) in [5.74, 6) is -1.56. The highest BCUT2D eigenvalue weighted by Crippen LogP contribution is 2.26. The van der Waals surface area contributed by atoms with Crippen molar-refractivity contribution in [2.45, 2.75) is 31.1 Å². The third kappa shape index (κ3) is 3.76. The molecule has 1 aliphatic rings. The summed E-state index contributed by atoms with van der Waals surface area (Å²) >= 11 is 0. The van der Waals surface area contributed by atoms with Crippen LogP contribution in [0.25, 0.3) is 0 Å². The number of amides is 1. The van der Waals surface area contributed by atoms with Crippen LogP contribution in [0.1, 0.15) is 35.2 Å². The van der Waals surface area contributed by atoms with Gasteiger partial charge in [0.2, 0.25) is 16.0 Å². The number of nitrogens with one attached hydrogen (secondary N) is 1. The van der Waals surface area contributed by atoms with E-state index in [-0.39, 0.29) is 10.5 Å². The van der Waals surface area contributed by atoms with E-state index < -0.39 is 21.9 Å². The van der Waals surface area contributed by atoms with Gasteiger partial charge in [-0.25, -0.2) is 13.4 Å². The van der Waals surface area contributed by atoms with Crippen LogP contribution in [0, 0.1) is 12.9 Å². The number of sulfonamides is 1. The molecule has 2 aromatic rings. The van der Waals surface area contributed by atoms with E-state index in [1.807, 2.05) is 0 Å². The van der Waals surface area contributed by atoms with E-state index in [1.165, 1.54) is 28.7 Å². The van der Waals surface area contributed by atoms with Gasteiger partial charge >= 0.3 is 0 Å². The van der Waals surface area contributed by atoms with Gasteiger partial charge in [-0.3, -0.25) is 4.79 Å². The highest BCUT2D eigenvalue weighted by molar-refractivity contribution is 7.89. The van der Waals surface area contributed by atoms with Crippen LogP contribution in [0.3, 0.4) is 0 Å². The number of rotatable bonds is 4. The van der Waals surface area contributed by atoms with E-state index in [9.17, 15) is 17.6 Å². The van der Waals surface area contributed by atoms with Gasteiger partial charge in [-0.05, 0) is 49.6 Å². The average Bonchev–Trinajstić information content (AvgIpc) is 2.64. The second kappa shape index (κ2) is 7.51. The number of benzene rings is 1. The monoisotopic (exact) mass is 377 g/mol. The number of aromatic nitrogens is 1. The van der Waals surface area contributed by atoms with E-state index in [0.29, 0.717) is 24.3 Å². The number of hydrogen-bond donors (Lipinski definition) is 1. The highest BCUT2D eigenvalue weighted by atomic mass is 32.2. The van der Waals surface area contributed by atoms with E-state index >= 15 is 0 Å². The third-order valence-corrected chi connectivity index (χ3v) is 6.42. The summed E-state index contributed by atoms with van der Waals surface area (Å²) in [4.78, 5) is 15.8. The molecule has 0 radical (unpaired) electrons. The SMILES string of the molecule is Cc1ccc(NC(=O)c2cccnc2F)cc1S(=O)(=O)N1CCCCC1. The zero-order chi connectivity index (χ0) is 18.7. The second-order valence-electron chi connectivity index (χ2n) is 6.24. The Bertz CT molecular complexity index is 925. The number of hydrogen-bond acceptors (Lipinski definition) is 4. The van der Waals surface area contributed by atoms with Gasteiger partial charge in [0, 0.05) is 25.0 Å². The van der Waals surface area contributed by atoms with Crippen molar-refractivity contribution in [2.75, 3.05) is 18.4 Å². The van der Waals surface area contributed by atoms with Gasteiger partial charge in [-0.1, -0.05) is 12.5 Å². The van der Waals surface area contributed by atoms with Crippen LogP contribution in [0.4, 0.5) is 10.1 Å². The molecule has 1 aliphatic heterocycles. The quantitative estimate of drug-likeness (QED) is 0.831. The summed E-state index contributed by atoms with van der Waals surface area (Å²) in [6, 6.07) is 7.42. The first kappa shape index (κ1) is 18.5. The van der Waals surface area contributed by atoms with Crippen LogP contribution in [0.5, 0.6) is 0 Å². The van der Waals surface area contributed by atoms with Crippen molar-refractivity contribution in [1.82, 2.24) is 9.29 Å². The maximum Gasteiger partial charge on any atom is 0.260 e. The molecule has 6 nitrogen and oxygen atoms in total. The molecule has 0 aliphatic carbocycles. The first-order chi connectivity index (χ1) is 12.4. The molecular weight excluding hydrogens is 357 g/mol. The Hall–Kier alpha value is -2.32. The van der Waals surface area contributed by atoms with Crippen LogP contribution in [0.2, 0.25) is 0 Å². The van der Waals surface area contributed by atoms with Crippen molar-refractivity contribution in [3.63, 3.8) is 0 Å².